The maximum absolute atomic E-state index is 10.8. The Kier molecular flexibility index (Phi) is 5.15. The van der Waals surface area contributed by atoms with Gasteiger partial charge in [-0.3, -0.25) is 10.1 Å². The van der Waals surface area contributed by atoms with Crippen molar-refractivity contribution in [3.63, 3.8) is 0 Å². The molecule has 1 N–H and O–H groups in total. The summed E-state index contributed by atoms with van der Waals surface area (Å²) in [6, 6.07) is 8.66. The highest BCUT2D eigenvalue weighted by Gasteiger charge is 2.11. The van der Waals surface area contributed by atoms with E-state index in [0.717, 1.165) is 19.2 Å². The number of hydrogen-bond acceptors (Lipinski definition) is 4. The molecule has 1 atom stereocenters. The van der Waals surface area contributed by atoms with Gasteiger partial charge in [-0.2, -0.15) is 0 Å². The van der Waals surface area contributed by atoms with Crippen molar-refractivity contribution in [2.75, 3.05) is 0 Å². The van der Waals surface area contributed by atoms with Crippen molar-refractivity contribution in [3.05, 3.63) is 59.7 Å². The number of nitro benzene ring substituents is 1. The first-order valence-electron chi connectivity index (χ1n) is 5.89. The molecule has 106 valence electrons. The molecule has 1 aromatic carbocycles. The number of rotatable bonds is 5. The number of nitro groups is 1. The van der Waals surface area contributed by atoms with Crippen molar-refractivity contribution < 1.29 is 4.92 Å². The molecule has 1 aromatic heterocycles. The highest BCUT2D eigenvalue weighted by molar-refractivity contribution is 9.10. The summed E-state index contributed by atoms with van der Waals surface area (Å²) in [4.78, 5) is 11.5. The molecule has 2 rings (SSSR count). The maximum atomic E-state index is 10.8. The van der Waals surface area contributed by atoms with Crippen LogP contribution in [0.1, 0.15) is 23.4 Å². The molecule has 0 aliphatic rings. The van der Waals surface area contributed by atoms with Crippen LogP contribution in [-0.4, -0.2) is 4.92 Å². The van der Waals surface area contributed by atoms with E-state index in [9.17, 15) is 10.1 Å². The van der Waals surface area contributed by atoms with E-state index in [1.165, 1.54) is 17.4 Å². The Hall–Kier alpha value is -0.950. The third-order valence-electron chi connectivity index (χ3n) is 2.86. The summed E-state index contributed by atoms with van der Waals surface area (Å²) >= 11 is 10.9. The number of nitrogens with zero attached hydrogens (tertiary/aromatic N) is 1. The standard InChI is InChI=1S/C13H12BrClN2O2S/c1-8(9-3-2-4-10(5-9)17(18)19)16-7-11-6-12(14)13(15)20-11/h2-6,8,16H,7H2,1H3. The van der Waals surface area contributed by atoms with Crippen LogP contribution in [0.25, 0.3) is 0 Å². The van der Waals surface area contributed by atoms with Gasteiger partial charge in [-0.15, -0.1) is 11.3 Å². The van der Waals surface area contributed by atoms with Gasteiger partial charge in [-0.1, -0.05) is 23.7 Å². The van der Waals surface area contributed by atoms with Crippen molar-refractivity contribution in [1.29, 1.82) is 0 Å². The second-order valence-electron chi connectivity index (χ2n) is 4.29. The largest absolute Gasteiger partial charge is 0.305 e. The van der Waals surface area contributed by atoms with Gasteiger partial charge in [-0.25, -0.2) is 0 Å². The predicted octanol–water partition coefficient (Wildman–Crippen LogP) is 4.92. The minimum atomic E-state index is -0.383. The minimum absolute atomic E-state index is 0.0227. The second kappa shape index (κ2) is 6.67. The Morgan fingerprint density at radius 1 is 1.50 bits per heavy atom. The molecule has 0 saturated heterocycles. The SMILES string of the molecule is CC(NCc1cc(Br)c(Cl)s1)c1cccc([N+](=O)[O-])c1. The van der Waals surface area contributed by atoms with Crippen LogP contribution in [0.3, 0.4) is 0 Å². The van der Waals surface area contributed by atoms with Gasteiger partial charge in [0.15, 0.2) is 0 Å². The number of halogens is 2. The van der Waals surface area contributed by atoms with Gasteiger partial charge in [0.2, 0.25) is 0 Å². The van der Waals surface area contributed by atoms with Crippen molar-refractivity contribution >= 4 is 44.6 Å². The van der Waals surface area contributed by atoms with Crippen LogP contribution in [0.2, 0.25) is 4.34 Å². The fourth-order valence-electron chi connectivity index (χ4n) is 1.76. The summed E-state index contributed by atoms with van der Waals surface area (Å²) in [6.07, 6.45) is 0. The van der Waals surface area contributed by atoms with E-state index in [1.807, 2.05) is 19.1 Å². The van der Waals surface area contributed by atoms with Gasteiger partial charge in [0.05, 0.1) is 4.92 Å². The summed E-state index contributed by atoms with van der Waals surface area (Å²) in [5.74, 6) is 0. The topological polar surface area (TPSA) is 55.2 Å². The van der Waals surface area contributed by atoms with Crippen molar-refractivity contribution in [2.45, 2.75) is 19.5 Å². The quantitative estimate of drug-likeness (QED) is 0.596. The Morgan fingerprint density at radius 3 is 2.85 bits per heavy atom. The number of benzene rings is 1. The van der Waals surface area contributed by atoms with E-state index in [1.54, 1.807) is 12.1 Å². The normalized spacial score (nSPS) is 12.3. The lowest BCUT2D eigenvalue weighted by molar-refractivity contribution is -0.384. The Bertz CT molecular complexity index is 613. The molecule has 0 fully saturated rings. The lowest BCUT2D eigenvalue weighted by Crippen LogP contribution is -2.17. The minimum Gasteiger partial charge on any atom is -0.305 e. The van der Waals surface area contributed by atoms with Crippen molar-refractivity contribution in [2.24, 2.45) is 0 Å². The molecule has 0 aliphatic heterocycles. The van der Waals surface area contributed by atoms with E-state index in [-0.39, 0.29) is 16.7 Å². The first-order valence-corrected chi connectivity index (χ1v) is 7.87. The van der Waals surface area contributed by atoms with E-state index in [4.69, 9.17) is 11.6 Å². The molecule has 7 heteroatoms. The number of non-ortho nitro benzene ring substituents is 1. The monoisotopic (exact) mass is 374 g/mol. The molecule has 20 heavy (non-hydrogen) atoms. The van der Waals surface area contributed by atoms with Gasteiger partial charge in [0.25, 0.3) is 5.69 Å². The van der Waals surface area contributed by atoms with Gasteiger partial charge < -0.3 is 5.32 Å². The molecule has 1 heterocycles. The average Bonchev–Trinajstić information content (AvgIpc) is 2.75. The number of hydrogen-bond donors (Lipinski definition) is 1. The highest BCUT2D eigenvalue weighted by Crippen LogP contribution is 2.32. The van der Waals surface area contributed by atoms with Gasteiger partial charge in [0.1, 0.15) is 4.34 Å². The predicted molar refractivity (Wildman–Crippen MR) is 85.4 cm³/mol. The van der Waals surface area contributed by atoms with Crippen LogP contribution in [0.4, 0.5) is 5.69 Å². The van der Waals surface area contributed by atoms with E-state index >= 15 is 0 Å². The first kappa shape index (κ1) is 15.4. The summed E-state index contributed by atoms with van der Waals surface area (Å²) in [5.41, 5.74) is 0.999. The van der Waals surface area contributed by atoms with Crippen LogP contribution in [0, 0.1) is 10.1 Å². The molecule has 0 spiro atoms. The Morgan fingerprint density at radius 2 is 2.25 bits per heavy atom. The molecule has 0 amide bonds. The highest BCUT2D eigenvalue weighted by atomic mass is 79.9. The zero-order chi connectivity index (χ0) is 14.7. The zero-order valence-corrected chi connectivity index (χ0v) is 13.8. The average molecular weight is 376 g/mol. The Labute approximate surface area is 134 Å². The van der Waals surface area contributed by atoms with E-state index in [2.05, 4.69) is 21.2 Å². The van der Waals surface area contributed by atoms with E-state index < -0.39 is 0 Å². The smallest absolute Gasteiger partial charge is 0.269 e. The molecular formula is C13H12BrClN2O2S. The molecule has 4 nitrogen and oxygen atoms in total. The Balaban J connectivity index is 2.02. The summed E-state index contributed by atoms with van der Waals surface area (Å²) in [5, 5.41) is 14.1. The fraction of sp³-hybridized carbons (Fsp3) is 0.231. The molecule has 2 aromatic rings. The third kappa shape index (κ3) is 3.79. The summed E-state index contributed by atoms with van der Waals surface area (Å²) < 4.78 is 1.62. The molecule has 0 aliphatic carbocycles. The summed E-state index contributed by atoms with van der Waals surface area (Å²) in [7, 11) is 0. The maximum Gasteiger partial charge on any atom is 0.269 e. The fourth-order valence-corrected chi connectivity index (χ4v) is 3.50. The van der Waals surface area contributed by atoms with Crippen LogP contribution in [0.5, 0.6) is 0 Å². The van der Waals surface area contributed by atoms with Crippen molar-refractivity contribution in [3.8, 4) is 0 Å². The van der Waals surface area contributed by atoms with Crippen LogP contribution in [0.15, 0.2) is 34.8 Å². The second-order valence-corrected chi connectivity index (χ2v) is 6.88. The summed E-state index contributed by atoms with van der Waals surface area (Å²) in [6.45, 7) is 2.64. The lowest BCUT2D eigenvalue weighted by atomic mass is 10.1. The molecule has 0 saturated carbocycles. The molecule has 0 bridgehead atoms. The van der Waals surface area contributed by atoms with Gasteiger partial charge in [-0.05, 0) is 34.5 Å². The van der Waals surface area contributed by atoms with Gasteiger partial charge >= 0.3 is 0 Å². The molecule has 1 unspecified atom stereocenters. The molecular weight excluding hydrogens is 364 g/mol. The number of thiophene rings is 1. The van der Waals surface area contributed by atoms with Crippen LogP contribution in [-0.2, 0) is 6.54 Å². The molecule has 0 radical (unpaired) electrons. The zero-order valence-electron chi connectivity index (χ0n) is 10.6. The third-order valence-corrected chi connectivity index (χ3v) is 5.33. The first-order chi connectivity index (χ1) is 9.47. The van der Waals surface area contributed by atoms with Crippen LogP contribution < -0.4 is 5.32 Å². The van der Waals surface area contributed by atoms with Crippen LogP contribution >= 0.6 is 38.9 Å². The van der Waals surface area contributed by atoms with Crippen molar-refractivity contribution in [1.82, 2.24) is 5.32 Å². The number of nitrogens with one attached hydrogen (secondary N) is 1. The van der Waals surface area contributed by atoms with E-state index in [0.29, 0.717) is 6.54 Å². The lowest BCUT2D eigenvalue weighted by Gasteiger charge is -2.13. The van der Waals surface area contributed by atoms with Gasteiger partial charge in [0, 0.05) is 34.1 Å².